The number of aromatic amines is 1. The average Bonchev–Trinajstić information content (AvgIpc) is 3.71. The zero-order valence-electron chi connectivity index (χ0n) is 20.8. The van der Waals surface area contributed by atoms with Crippen LogP contribution in [0.25, 0.3) is 33.2 Å². The molecule has 0 unspecified atom stereocenters. The monoisotopic (exact) mass is 519 g/mol. The Hall–Kier alpha value is -4.85. The van der Waals surface area contributed by atoms with E-state index < -0.39 is 0 Å². The Morgan fingerprint density at radius 3 is 2.56 bits per heavy atom. The lowest BCUT2D eigenvalue weighted by Crippen LogP contribution is -2.22. The van der Waals surface area contributed by atoms with Crippen LogP contribution in [0.15, 0.2) is 84.2 Å². The van der Waals surface area contributed by atoms with E-state index in [1.807, 2.05) is 30.3 Å². The summed E-state index contributed by atoms with van der Waals surface area (Å²) in [7, 11) is 0. The van der Waals surface area contributed by atoms with E-state index in [9.17, 15) is 9.18 Å². The van der Waals surface area contributed by atoms with Crippen molar-refractivity contribution >= 4 is 28.2 Å². The number of hydrazone groups is 1. The summed E-state index contributed by atoms with van der Waals surface area (Å²) in [4.78, 5) is 19.9. The van der Waals surface area contributed by atoms with E-state index in [1.165, 1.54) is 12.1 Å². The second kappa shape index (κ2) is 9.16. The van der Waals surface area contributed by atoms with Crippen LogP contribution < -0.4 is 10.7 Å². The molecule has 0 bridgehead atoms. The fourth-order valence-corrected chi connectivity index (χ4v) is 5.11. The number of rotatable bonds is 5. The lowest BCUT2D eigenvalue weighted by molar-refractivity contribution is -0.117. The summed E-state index contributed by atoms with van der Waals surface area (Å²) in [6.45, 7) is 0.381. The maximum atomic E-state index is 15.3. The van der Waals surface area contributed by atoms with Crippen LogP contribution in [0.2, 0.25) is 0 Å². The number of carbonyl (C=O) groups excluding carboxylic acids is 1. The smallest absolute Gasteiger partial charge is 0.227 e. The largest absolute Gasteiger partial charge is 0.353 e. The molecule has 6 nitrogen and oxygen atoms in total. The highest BCUT2D eigenvalue weighted by Crippen LogP contribution is 2.34. The molecule has 0 saturated heterocycles. The normalized spacial score (nSPS) is 14.5. The van der Waals surface area contributed by atoms with Crippen molar-refractivity contribution in [3.05, 3.63) is 108 Å². The first-order valence-corrected chi connectivity index (χ1v) is 12.8. The van der Waals surface area contributed by atoms with E-state index >= 15 is 4.39 Å². The Kier molecular flexibility index (Phi) is 5.47. The molecule has 1 aliphatic carbocycles. The van der Waals surface area contributed by atoms with E-state index in [0.29, 0.717) is 34.6 Å². The second-order valence-electron chi connectivity index (χ2n) is 9.94. The number of pyridine rings is 1. The van der Waals surface area contributed by atoms with E-state index in [2.05, 4.69) is 25.8 Å². The standard InChI is InChI=1S/C31H23F2N5O/c32-26-6-2-1-4-22(26)21-5-3-7-28-25(21)13-29(37-28)30-24-12-23(27(33)11-19(24)15-35-38-30)18-10-20(16-34-14-18)36-31(39)17-8-9-17/h1-7,10-14,16-17,35,37H,8-9,15H2,(H,36,39). The van der Waals surface area contributed by atoms with Crippen LogP contribution in [0.3, 0.4) is 0 Å². The van der Waals surface area contributed by atoms with Crippen molar-refractivity contribution < 1.29 is 13.6 Å². The highest BCUT2D eigenvalue weighted by atomic mass is 19.1. The Bertz CT molecular complexity index is 1800. The predicted molar refractivity (Wildman–Crippen MR) is 147 cm³/mol. The third-order valence-corrected chi connectivity index (χ3v) is 7.26. The van der Waals surface area contributed by atoms with Crippen LogP contribution in [0.1, 0.15) is 29.7 Å². The molecule has 1 aliphatic heterocycles. The van der Waals surface area contributed by atoms with Gasteiger partial charge in [-0.1, -0.05) is 30.3 Å². The molecule has 7 rings (SSSR count). The van der Waals surface area contributed by atoms with Crippen molar-refractivity contribution in [2.75, 3.05) is 5.32 Å². The SMILES string of the molecule is O=C(Nc1cncc(-c2cc3c(cc2F)CNN=C3c2cc3c(-c4ccccc4F)cccc3[nH]2)c1)C1CC1. The Morgan fingerprint density at radius 2 is 1.72 bits per heavy atom. The average molecular weight is 520 g/mol. The van der Waals surface area contributed by atoms with Gasteiger partial charge in [0.25, 0.3) is 0 Å². The maximum Gasteiger partial charge on any atom is 0.227 e. The van der Waals surface area contributed by atoms with Gasteiger partial charge in [0.15, 0.2) is 0 Å². The van der Waals surface area contributed by atoms with Gasteiger partial charge in [-0.05, 0) is 60.4 Å². The number of benzene rings is 3. The lowest BCUT2D eigenvalue weighted by atomic mass is 9.94. The summed E-state index contributed by atoms with van der Waals surface area (Å²) in [6.07, 6.45) is 4.93. The summed E-state index contributed by atoms with van der Waals surface area (Å²) >= 11 is 0. The molecule has 2 aromatic heterocycles. The Balaban J connectivity index is 1.29. The molecule has 0 atom stereocenters. The zero-order chi connectivity index (χ0) is 26.5. The van der Waals surface area contributed by atoms with Crippen molar-refractivity contribution in [1.29, 1.82) is 0 Å². The van der Waals surface area contributed by atoms with Crippen LogP contribution in [-0.2, 0) is 11.3 Å². The van der Waals surface area contributed by atoms with Crippen LogP contribution in [-0.4, -0.2) is 21.6 Å². The number of anilines is 1. The number of nitrogens with zero attached hydrogens (tertiary/aromatic N) is 2. The maximum absolute atomic E-state index is 15.3. The number of hydrogen-bond donors (Lipinski definition) is 3. The fourth-order valence-electron chi connectivity index (χ4n) is 5.11. The minimum absolute atomic E-state index is 0.0334. The summed E-state index contributed by atoms with van der Waals surface area (Å²) in [5.41, 5.74) is 9.47. The van der Waals surface area contributed by atoms with Crippen molar-refractivity contribution in [2.45, 2.75) is 19.4 Å². The van der Waals surface area contributed by atoms with Gasteiger partial charge in [0, 0.05) is 45.3 Å². The van der Waals surface area contributed by atoms with Crippen molar-refractivity contribution in [1.82, 2.24) is 15.4 Å². The van der Waals surface area contributed by atoms with Gasteiger partial charge in [0.2, 0.25) is 5.91 Å². The summed E-state index contributed by atoms with van der Waals surface area (Å²) in [6, 6.07) is 19.4. The van der Waals surface area contributed by atoms with Crippen LogP contribution >= 0.6 is 0 Å². The molecule has 0 radical (unpaired) electrons. The number of hydrogen-bond acceptors (Lipinski definition) is 4. The first kappa shape index (κ1) is 23.3. The number of H-pyrrole nitrogens is 1. The second-order valence-corrected chi connectivity index (χ2v) is 9.94. The van der Waals surface area contributed by atoms with Gasteiger partial charge in [-0.2, -0.15) is 5.10 Å². The van der Waals surface area contributed by atoms with Crippen LogP contribution in [0.4, 0.5) is 14.5 Å². The van der Waals surface area contributed by atoms with Crippen LogP contribution in [0, 0.1) is 17.6 Å². The first-order chi connectivity index (χ1) is 19.0. The molecular formula is C31H23F2N5O. The molecule has 0 spiro atoms. The van der Waals surface area contributed by atoms with Crippen LogP contribution in [0.5, 0.6) is 0 Å². The minimum Gasteiger partial charge on any atom is -0.353 e. The molecule has 1 saturated carbocycles. The van der Waals surface area contributed by atoms with Gasteiger partial charge in [0.1, 0.15) is 17.3 Å². The molecule has 192 valence electrons. The molecule has 5 aromatic rings. The minimum atomic E-state index is -0.386. The highest BCUT2D eigenvalue weighted by molar-refractivity contribution is 6.16. The third-order valence-electron chi connectivity index (χ3n) is 7.26. The number of halogens is 2. The number of aromatic nitrogens is 2. The molecule has 1 fully saturated rings. The summed E-state index contributed by atoms with van der Waals surface area (Å²) in [5.74, 6) is -0.661. The molecule has 8 heteroatoms. The van der Waals surface area contributed by atoms with Gasteiger partial charge < -0.3 is 15.7 Å². The molecular weight excluding hydrogens is 496 g/mol. The zero-order valence-corrected chi connectivity index (χ0v) is 20.8. The number of carbonyl (C=O) groups is 1. The molecule has 3 heterocycles. The van der Waals surface area contributed by atoms with E-state index in [4.69, 9.17) is 0 Å². The first-order valence-electron chi connectivity index (χ1n) is 12.8. The third kappa shape index (κ3) is 4.24. The van der Waals surface area contributed by atoms with Gasteiger partial charge in [0.05, 0.1) is 24.1 Å². The van der Waals surface area contributed by atoms with Crippen molar-refractivity contribution in [3.8, 4) is 22.3 Å². The van der Waals surface area contributed by atoms with Gasteiger partial charge in [-0.3, -0.25) is 9.78 Å². The van der Waals surface area contributed by atoms with Crippen molar-refractivity contribution in [3.63, 3.8) is 0 Å². The van der Waals surface area contributed by atoms with E-state index in [0.717, 1.165) is 46.1 Å². The quantitative estimate of drug-likeness (QED) is 0.252. The predicted octanol–water partition coefficient (Wildman–Crippen LogP) is 6.38. The van der Waals surface area contributed by atoms with E-state index in [1.54, 1.807) is 36.7 Å². The fraction of sp³-hybridized carbons (Fsp3) is 0.129. The topological polar surface area (TPSA) is 82.2 Å². The molecule has 3 aromatic carbocycles. The van der Waals surface area contributed by atoms with Gasteiger partial charge in [-0.25, -0.2) is 8.78 Å². The molecule has 1 amide bonds. The Morgan fingerprint density at radius 1 is 0.872 bits per heavy atom. The van der Waals surface area contributed by atoms with Gasteiger partial charge >= 0.3 is 0 Å². The lowest BCUT2D eigenvalue weighted by Gasteiger charge is -2.19. The van der Waals surface area contributed by atoms with Gasteiger partial charge in [-0.15, -0.1) is 0 Å². The van der Waals surface area contributed by atoms with E-state index in [-0.39, 0.29) is 23.5 Å². The Labute approximate surface area is 222 Å². The molecule has 2 aliphatic rings. The summed E-state index contributed by atoms with van der Waals surface area (Å²) in [5, 5.41) is 8.31. The summed E-state index contributed by atoms with van der Waals surface area (Å²) < 4.78 is 30.0. The molecule has 3 N–H and O–H groups in total. The van der Waals surface area contributed by atoms with Crippen molar-refractivity contribution in [2.24, 2.45) is 11.0 Å². The molecule has 39 heavy (non-hydrogen) atoms. The number of nitrogens with one attached hydrogen (secondary N) is 3. The highest BCUT2D eigenvalue weighted by Gasteiger charge is 2.29. The number of amides is 1. The number of fused-ring (bicyclic) bond motifs is 2.